The zero-order chi connectivity index (χ0) is 24.0. The summed E-state index contributed by atoms with van der Waals surface area (Å²) in [5.41, 5.74) is 3.30. The van der Waals surface area contributed by atoms with Gasteiger partial charge in [-0.2, -0.15) is 4.31 Å². The Balaban J connectivity index is 1.52. The van der Waals surface area contributed by atoms with Gasteiger partial charge < -0.3 is 9.88 Å². The fourth-order valence-corrected chi connectivity index (χ4v) is 6.79. The van der Waals surface area contributed by atoms with Crippen molar-refractivity contribution in [3.05, 3.63) is 81.7 Å². The van der Waals surface area contributed by atoms with Crippen LogP contribution in [0.3, 0.4) is 0 Å². The van der Waals surface area contributed by atoms with Crippen molar-refractivity contribution in [1.82, 2.24) is 8.87 Å². The summed E-state index contributed by atoms with van der Waals surface area (Å²) >= 11 is 5.95. The Morgan fingerprint density at radius 2 is 1.68 bits per heavy atom. The fourth-order valence-electron chi connectivity index (χ4n) is 5.10. The maximum absolute atomic E-state index is 13.4. The summed E-state index contributed by atoms with van der Waals surface area (Å²) in [5, 5.41) is 3.24. The molecule has 2 unspecified atom stereocenters. The molecule has 1 aromatic heterocycles. The first kappa shape index (κ1) is 22.8. The van der Waals surface area contributed by atoms with E-state index < -0.39 is 10.0 Å². The number of piperidine rings is 1. The zero-order valence-corrected chi connectivity index (χ0v) is 20.1. The van der Waals surface area contributed by atoms with Gasteiger partial charge in [-0.05, 0) is 60.4 Å². The number of carbonyl (C=O) groups is 1. The third kappa shape index (κ3) is 4.17. The highest BCUT2D eigenvalue weighted by atomic mass is 35.5. The third-order valence-electron chi connectivity index (χ3n) is 6.52. The van der Waals surface area contributed by atoms with Gasteiger partial charge in [0.15, 0.2) is 0 Å². The fraction of sp³-hybridized carbons (Fsp3) is 0.280. The third-order valence-corrected chi connectivity index (χ3v) is 8.62. The molecule has 0 aliphatic carbocycles. The molecule has 7 nitrogen and oxygen atoms in total. The molecule has 1 fully saturated rings. The van der Waals surface area contributed by atoms with Crippen LogP contribution in [0.25, 0.3) is 11.1 Å². The van der Waals surface area contributed by atoms with Gasteiger partial charge in [0.1, 0.15) is 0 Å². The lowest BCUT2D eigenvalue weighted by Crippen LogP contribution is -2.49. The van der Waals surface area contributed by atoms with Gasteiger partial charge in [-0.3, -0.25) is 9.59 Å². The van der Waals surface area contributed by atoms with Crippen molar-refractivity contribution in [1.29, 1.82) is 0 Å². The van der Waals surface area contributed by atoms with Gasteiger partial charge in [0.2, 0.25) is 15.9 Å². The van der Waals surface area contributed by atoms with Crippen molar-refractivity contribution < 1.29 is 13.2 Å². The minimum absolute atomic E-state index is 0.0587. The Bertz CT molecular complexity index is 1420. The van der Waals surface area contributed by atoms with Crippen LogP contribution >= 0.6 is 11.6 Å². The zero-order valence-electron chi connectivity index (χ0n) is 18.6. The number of nitrogens with zero attached hydrogens (tertiary/aromatic N) is 2. The molecule has 1 saturated heterocycles. The van der Waals surface area contributed by atoms with E-state index >= 15 is 0 Å². The van der Waals surface area contributed by atoms with Crippen LogP contribution in [-0.2, 0) is 21.4 Å². The molecule has 1 N–H and O–H groups in total. The highest BCUT2D eigenvalue weighted by Crippen LogP contribution is 2.41. The minimum Gasteiger partial charge on any atom is -0.326 e. The number of halogens is 1. The van der Waals surface area contributed by atoms with Crippen LogP contribution in [-0.4, -0.2) is 36.3 Å². The van der Waals surface area contributed by atoms with Crippen LogP contribution in [0.15, 0.2) is 70.4 Å². The van der Waals surface area contributed by atoms with Crippen LogP contribution in [0.4, 0.5) is 5.69 Å². The summed E-state index contributed by atoms with van der Waals surface area (Å²) in [4.78, 5) is 24.3. The van der Waals surface area contributed by atoms with Gasteiger partial charge in [-0.25, -0.2) is 8.42 Å². The largest absolute Gasteiger partial charge is 0.326 e. The number of carbonyl (C=O) groups excluding carboxylic acids is 1. The van der Waals surface area contributed by atoms with Gasteiger partial charge in [-0.15, -0.1) is 0 Å². The molecule has 34 heavy (non-hydrogen) atoms. The van der Waals surface area contributed by atoms with E-state index in [4.69, 9.17) is 11.6 Å². The Labute approximate surface area is 203 Å². The minimum atomic E-state index is -3.68. The van der Waals surface area contributed by atoms with Crippen LogP contribution in [0.2, 0.25) is 5.02 Å². The summed E-state index contributed by atoms with van der Waals surface area (Å²) in [6, 6.07) is 17.1. The lowest BCUT2D eigenvalue weighted by molar-refractivity contribution is -0.114. The molecule has 0 spiro atoms. The maximum Gasteiger partial charge on any atom is 0.250 e. The number of pyridine rings is 1. The number of fused-ring (bicyclic) bond motifs is 4. The molecule has 2 aliphatic heterocycles. The van der Waals surface area contributed by atoms with Crippen molar-refractivity contribution in [3.8, 4) is 11.1 Å². The number of rotatable bonds is 4. The second-order valence-corrected chi connectivity index (χ2v) is 11.3. The van der Waals surface area contributed by atoms with Crippen molar-refractivity contribution in [2.75, 3.05) is 18.4 Å². The number of benzene rings is 2. The van der Waals surface area contributed by atoms with Crippen LogP contribution in [0, 0.1) is 5.92 Å². The molecule has 3 heterocycles. The number of aromatic nitrogens is 1. The Hall–Kier alpha value is -2.94. The van der Waals surface area contributed by atoms with Gasteiger partial charge in [0, 0.05) is 60.5 Å². The highest BCUT2D eigenvalue weighted by molar-refractivity contribution is 7.89. The second-order valence-electron chi connectivity index (χ2n) is 8.91. The number of hydrogen-bond donors (Lipinski definition) is 1. The summed E-state index contributed by atoms with van der Waals surface area (Å²) in [6.07, 6.45) is 0.826. The summed E-state index contributed by atoms with van der Waals surface area (Å²) in [5.74, 6) is -0.191. The topological polar surface area (TPSA) is 88.5 Å². The average molecular weight is 498 g/mol. The quantitative estimate of drug-likeness (QED) is 0.591. The first-order valence-corrected chi connectivity index (χ1v) is 12.9. The molecule has 176 valence electrons. The number of nitrogens with one attached hydrogen (secondary N) is 1. The number of sulfonamides is 1. The van der Waals surface area contributed by atoms with Crippen molar-refractivity contribution in [2.24, 2.45) is 5.92 Å². The lowest BCUT2D eigenvalue weighted by atomic mass is 9.81. The number of anilines is 1. The van der Waals surface area contributed by atoms with E-state index in [1.54, 1.807) is 22.5 Å². The van der Waals surface area contributed by atoms with Gasteiger partial charge in [0.05, 0.1) is 4.90 Å². The van der Waals surface area contributed by atoms with Gasteiger partial charge in [0.25, 0.3) is 5.56 Å². The molecule has 5 rings (SSSR count). The molecular formula is C25H24ClN3O4S. The van der Waals surface area contributed by atoms with Gasteiger partial charge >= 0.3 is 0 Å². The smallest absolute Gasteiger partial charge is 0.250 e. The van der Waals surface area contributed by atoms with Crippen LogP contribution in [0.5, 0.6) is 0 Å². The van der Waals surface area contributed by atoms with E-state index in [2.05, 4.69) is 5.32 Å². The molecule has 0 saturated carbocycles. The van der Waals surface area contributed by atoms with Crippen LogP contribution < -0.4 is 10.9 Å². The van der Waals surface area contributed by atoms with E-state index in [0.717, 1.165) is 23.2 Å². The van der Waals surface area contributed by atoms with E-state index in [1.165, 1.54) is 19.1 Å². The Morgan fingerprint density at radius 1 is 0.971 bits per heavy atom. The van der Waals surface area contributed by atoms with E-state index in [-0.39, 0.29) is 28.2 Å². The monoisotopic (exact) mass is 497 g/mol. The van der Waals surface area contributed by atoms with E-state index in [0.29, 0.717) is 30.3 Å². The number of amides is 1. The van der Waals surface area contributed by atoms with Gasteiger partial charge in [-0.1, -0.05) is 23.7 Å². The van der Waals surface area contributed by atoms with Crippen LogP contribution in [0.1, 0.15) is 25.0 Å². The van der Waals surface area contributed by atoms with E-state index in [9.17, 15) is 18.0 Å². The average Bonchev–Trinajstić information content (AvgIpc) is 2.80. The molecule has 2 aromatic carbocycles. The van der Waals surface area contributed by atoms with Crippen molar-refractivity contribution >= 4 is 33.2 Å². The van der Waals surface area contributed by atoms with Crippen molar-refractivity contribution in [2.45, 2.75) is 30.7 Å². The SMILES string of the molecule is CC(=O)Nc1ccc(-c2ccc(=O)n3c2C2CC(CN(S(=O)(=O)c4ccc(Cl)cc4)C2)C3)cc1. The molecular weight excluding hydrogens is 474 g/mol. The highest BCUT2D eigenvalue weighted by Gasteiger charge is 2.40. The predicted molar refractivity (Wildman–Crippen MR) is 132 cm³/mol. The molecule has 1 amide bonds. The summed E-state index contributed by atoms with van der Waals surface area (Å²) in [7, 11) is -3.68. The maximum atomic E-state index is 13.4. The molecule has 3 aromatic rings. The first-order chi connectivity index (χ1) is 16.2. The second kappa shape index (κ2) is 8.69. The Morgan fingerprint density at radius 3 is 2.35 bits per heavy atom. The summed E-state index contributed by atoms with van der Waals surface area (Å²) in [6.45, 7) is 2.62. The summed E-state index contributed by atoms with van der Waals surface area (Å²) < 4.78 is 30.1. The molecule has 2 bridgehead atoms. The first-order valence-electron chi connectivity index (χ1n) is 11.1. The standard InChI is InChI=1S/C25H24ClN3O4S/c1-16(30)27-21-6-2-18(3-7-21)23-10-11-24(31)29-14-17-12-19(25(23)29)15-28(13-17)34(32,33)22-8-4-20(26)5-9-22/h2-11,17,19H,12-15H2,1H3,(H,27,30). The van der Waals surface area contributed by atoms with Crippen molar-refractivity contribution in [3.63, 3.8) is 0 Å². The molecule has 0 radical (unpaired) electrons. The molecule has 9 heteroatoms. The lowest BCUT2D eigenvalue weighted by Gasteiger charge is -2.42. The van der Waals surface area contributed by atoms with E-state index in [1.807, 2.05) is 34.9 Å². The predicted octanol–water partition coefficient (Wildman–Crippen LogP) is 3.94. The molecule has 2 aliphatic rings. The Kier molecular flexibility index (Phi) is 5.83. The normalized spacial score (nSPS) is 19.9. The molecule has 2 atom stereocenters. The number of hydrogen-bond acceptors (Lipinski definition) is 4.